The van der Waals surface area contributed by atoms with E-state index in [1.165, 1.54) is 18.2 Å². The van der Waals surface area contributed by atoms with Crippen molar-refractivity contribution >= 4 is 0 Å². The Morgan fingerprint density at radius 3 is 2.50 bits per heavy atom. The van der Waals surface area contributed by atoms with E-state index in [0.29, 0.717) is 6.54 Å². The molecule has 116 valence electrons. The molecule has 1 fully saturated rings. The molecule has 2 nitrogen and oxygen atoms in total. The minimum absolute atomic E-state index is 0.0809. The maximum Gasteiger partial charge on any atom is 0.123 e. The number of hydrogen-bond acceptors (Lipinski definition) is 2. The maximum absolute atomic E-state index is 13.3. The van der Waals surface area contributed by atoms with Gasteiger partial charge >= 0.3 is 0 Å². The normalized spacial score (nSPS) is 22.7. The molecule has 2 N–H and O–H groups in total. The van der Waals surface area contributed by atoms with Crippen molar-refractivity contribution in [1.29, 1.82) is 0 Å². The van der Waals surface area contributed by atoms with E-state index in [1.807, 2.05) is 18.2 Å². The molecule has 0 amide bonds. The predicted molar refractivity (Wildman–Crippen MR) is 83.4 cm³/mol. The summed E-state index contributed by atoms with van der Waals surface area (Å²) >= 11 is 0. The van der Waals surface area contributed by atoms with Crippen LogP contribution >= 0.6 is 0 Å². The average molecular weight is 302 g/mol. The van der Waals surface area contributed by atoms with E-state index >= 15 is 0 Å². The highest BCUT2D eigenvalue weighted by molar-refractivity contribution is 5.22. The Hall–Kier alpha value is -1.78. The van der Waals surface area contributed by atoms with Crippen molar-refractivity contribution in [2.75, 3.05) is 13.1 Å². The van der Waals surface area contributed by atoms with Crippen LogP contribution in [0.4, 0.5) is 8.78 Å². The van der Waals surface area contributed by atoms with Gasteiger partial charge in [-0.2, -0.15) is 0 Å². The Balaban J connectivity index is 1.72. The molecule has 1 aliphatic heterocycles. The van der Waals surface area contributed by atoms with Gasteiger partial charge in [0.2, 0.25) is 0 Å². The molecule has 1 aliphatic rings. The Bertz CT molecular complexity index is 627. The fraction of sp³-hybridized carbons (Fsp3) is 0.333. The largest absolute Gasteiger partial charge is 0.327 e. The van der Waals surface area contributed by atoms with E-state index < -0.39 is 0 Å². The molecule has 1 saturated heterocycles. The highest BCUT2D eigenvalue weighted by Crippen LogP contribution is 2.27. The molecule has 0 aliphatic carbocycles. The second-order valence-electron chi connectivity index (χ2n) is 6.07. The van der Waals surface area contributed by atoms with Crippen molar-refractivity contribution in [3.05, 3.63) is 71.3 Å². The van der Waals surface area contributed by atoms with E-state index in [9.17, 15) is 8.78 Å². The monoisotopic (exact) mass is 302 g/mol. The first kappa shape index (κ1) is 15.1. The van der Waals surface area contributed by atoms with Crippen LogP contribution in [0.5, 0.6) is 0 Å². The molecule has 0 radical (unpaired) electrons. The van der Waals surface area contributed by atoms with Crippen LogP contribution in [0.15, 0.2) is 48.5 Å². The summed E-state index contributed by atoms with van der Waals surface area (Å²) in [6.45, 7) is 2.34. The van der Waals surface area contributed by atoms with Crippen molar-refractivity contribution < 1.29 is 8.78 Å². The quantitative estimate of drug-likeness (QED) is 0.943. The van der Waals surface area contributed by atoms with Crippen molar-refractivity contribution in [3.63, 3.8) is 0 Å². The minimum atomic E-state index is -0.222. The zero-order valence-electron chi connectivity index (χ0n) is 12.4. The van der Waals surface area contributed by atoms with E-state index in [-0.39, 0.29) is 23.6 Å². The van der Waals surface area contributed by atoms with Gasteiger partial charge in [0.15, 0.2) is 0 Å². The number of likely N-dealkylation sites (tertiary alicyclic amines) is 1. The molecule has 3 rings (SSSR count). The Morgan fingerprint density at radius 2 is 1.77 bits per heavy atom. The van der Waals surface area contributed by atoms with Gasteiger partial charge in [-0.3, -0.25) is 4.90 Å². The van der Waals surface area contributed by atoms with Gasteiger partial charge in [0.05, 0.1) is 0 Å². The fourth-order valence-corrected chi connectivity index (χ4v) is 3.23. The summed E-state index contributed by atoms with van der Waals surface area (Å²) in [7, 11) is 0. The predicted octanol–water partition coefficient (Wildman–Crippen LogP) is 3.28. The molecule has 0 saturated carbocycles. The topological polar surface area (TPSA) is 29.3 Å². The van der Waals surface area contributed by atoms with E-state index in [1.54, 1.807) is 12.1 Å². The fourth-order valence-electron chi connectivity index (χ4n) is 3.23. The van der Waals surface area contributed by atoms with Crippen LogP contribution in [0.3, 0.4) is 0 Å². The standard InChI is InChI=1S/C18H20F2N2/c19-16-6-4-14(5-7-16)15-9-18(21)12-22(11-15)10-13-2-1-3-17(20)8-13/h1-8,15,18H,9-12,21H2. The van der Waals surface area contributed by atoms with Gasteiger partial charge in [-0.1, -0.05) is 24.3 Å². The molecule has 2 aromatic rings. The van der Waals surface area contributed by atoms with E-state index in [4.69, 9.17) is 5.73 Å². The molecular weight excluding hydrogens is 282 g/mol. The molecule has 0 aromatic heterocycles. The molecule has 2 unspecified atom stereocenters. The number of nitrogens with two attached hydrogens (primary N) is 1. The molecule has 2 aromatic carbocycles. The van der Waals surface area contributed by atoms with Crippen LogP contribution < -0.4 is 5.73 Å². The summed E-state index contributed by atoms with van der Waals surface area (Å²) in [5, 5.41) is 0. The number of rotatable bonds is 3. The van der Waals surface area contributed by atoms with E-state index in [0.717, 1.165) is 30.6 Å². The van der Waals surface area contributed by atoms with Crippen molar-refractivity contribution in [3.8, 4) is 0 Å². The number of piperidine rings is 1. The summed E-state index contributed by atoms with van der Waals surface area (Å²) in [5.41, 5.74) is 8.24. The summed E-state index contributed by atoms with van der Waals surface area (Å²) < 4.78 is 26.4. The van der Waals surface area contributed by atoms with Crippen molar-refractivity contribution in [1.82, 2.24) is 4.90 Å². The molecule has 0 spiro atoms. The molecular formula is C18H20F2N2. The average Bonchev–Trinajstić information content (AvgIpc) is 2.47. The number of hydrogen-bond donors (Lipinski definition) is 1. The lowest BCUT2D eigenvalue weighted by Crippen LogP contribution is -2.45. The van der Waals surface area contributed by atoms with Gasteiger partial charge in [-0.15, -0.1) is 0 Å². The summed E-state index contributed by atoms with van der Waals surface area (Å²) in [4.78, 5) is 2.25. The van der Waals surface area contributed by atoms with Gasteiger partial charge in [0.1, 0.15) is 11.6 Å². The van der Waals surface area contributed by atoms with Gasteiger partial charge < -0.3 is 5.73 Å². The highest BCUT2D eigenvalue weighted by Gasteiger charge is 2.26. The van der Waals surface area contributed by atoms with E-state index in [2.05, 4.69) is 4.90 Å². The lowest BCUT2D eigenvalue weighted by atomic mass is 9.88. The molecule has 0 bridgehead atoms. The van der Waals surface area contributed by atoms with Crippen LogP contribution in [0, 0.1) is 11.6 Å². The van der Waals surface area contributed by atoms with Crippen LogP contribution in [-0.2, 0) is 6.54 Å². The summed E-state index contributed by atoms with van der Waals surface area (Å²) in [6.07, 6.45) is 0.894. The zero-order valence-corrected chi connectivity index (χ0v) is 12.4. The second-order valence-corrected chi connectivity index (χ2v) is 6.07. The van der Waals surface area contributed by atoms with Gasteiger partial charge in [-0.25, -0.2) is 8.78 Å². The Morgan fingerprint density at radius 1 is 1.00 bits per heavy atom. The number of nitrogens with zero attached hydrogens (tertiary/aromatic N) is 1. The third kappa shape index (κ3) is 3.70. The van der Waals surface area contributed by atoms with Crippen LogP contribution in [0.2, 0.25) is 0 Å². The lowest BCUT2D eigenvalue weighted by Gasteiger charge is -2.36. The molecule has 4 heteroatoms. The minimum Gasteiger partial charge on any atom is -0.327 e. The van der Waals surface area contributed by atoms with Gasteiger partial charge in [0.25, 0.3) is 0 Å². The third-order valence-electron chi connectivity index (χ3n) is 4.20. The van der Waals surface area contributed by atoms with Crippen LogP contribution in [0.25, 0.3) is 0 Å². The van der Waals surface area contributed by atoms with Crippen molar-refractivity contribution in [2.24, 2.45) is 5.73 Å². The zero-order chi connectivity index (χ0) is 15.5. The molecule has 2 atom stereocenters. The first-order valence-corrected chi connectivity index (χ1v) is 7.58. The smallest absolute Gasteiger partial charge is 0.123 e. The Kier molecular flexibility index (Phi) is 4.50. The summed E-state index contributed by atoms with van der Waals surface area (Å²) in [5.74, 6) is -0.146. The molecule has 1 heterocycles. The number of benzene rings is 2. The lowest BCUT2D eigenvalue weighted by molar-refractivity contribution is 0.181. The molecule has 22 heavy (non-hydrogen) atoms. The third-order valence-corrected chi connectivity index (χ3v) is 4.20. The van der Waals surface area contributed by atoms with Crippen LogP contribution in [0.1, 0.15) is 23.5 Å². The first-order valence-electron chi connectivity index (χ1n) is 7.58. The Labute approximate surface area is 129 Å². The SMILES string of the molecule is NC1CC(c2ccc(F)cc2)CN(Cc2cccc(F)c2)C1. The maximum atomic E-state index is 13.3. The van der Waals surface area contributed by atoms with Crippen molar-refractivity contribution in [2.45, 2.75) is 24.9 Å². The summed E-state index contributed by atoms with van der Waals surface area (Å²) in [6, 6.07) is 13.4. The van der Waals surface area contributed by atoms with Gasteiger partial charge in [0, 0.05) is 25.7 Å². The second kappa shape index (κ2) is 6.55. The highest BCUT2D eigenvalue weighted by atomic mass is 19.1. The first-order chi connectivity index (χ1) is 10.6. The van der Waals surface area contributed by atoms with Gasteiger partial charge in [-0.05, 0) is 47.7 Å². The number of halogens is 2. The van der Waals surface area contributed by atoms with Crippen LogP contribution in [-0.4, -0.2) is 24.0 Å².